The topological polar surface area (TPSA) is 69.8 Å². The first-order chi connectivity index (χ1) is 14.1. The number of para-hydroxylation sites is 1. The highest BCUT2D eigenvalue weighted by Gasteiger charge is 2.11. The number of anilines is 2. The Bertz CT molecular complexity index is 1160. The summed E-state index contributed by atoms with van der Waals surface area (Å²) in [5, 5.41) is 7.60. The highest BCUT2D eigenvalue weighted by atomic mass is 16.1. The molecule has 0 fully saturated rings. The molecule has 5 nitrogen and oxygen atoms in total. The summed E-state index contributed by atoms with van der Waals surface area (Å²) in [6.45, 7) is 4.80. The summed E-state index contributed by atoms with van der Waals surface area (Å²) in [4.78, 5) is 20.2. The van der Waals surface area contributed by atoms with Crippen molar-refractivity contribution in [2.24, 2.45) is 0 Å². The lowest BCUT2D eigenvalue weighted by Gasteiger charge is -2.11. The molecule has 146 valence electrons. The lowest BCUT2D eigenvalue weighted by molar-refractivity contribution is 0.102. The van der Waals surface area contributed by atoms with Crippen molar-refractivity contribution in [3.63, 3.8) is 0 Å². The fourth-order valence-corrected chi connectivity index (χ4v) is 3.42. The number of pyridine rings is 1. The number of carbonyl (C=O) groups excluding carboxylic acids is 1. The van der Waals surface area contributed by atoms with E-state index in [1.807, 2.05) is 44.2 Å². The number of H-pyrrole nitrogens is 1. The molecular weight excluding hydrogens is 360 g/mol. The highest BCUT2D eigenvalue weighted by molar-refractivity contribution is 6.03. The maximum Gasteiger partial charge on any atom is 0.274 e. The molecule has 2 aromatic carbocycles. The lowest BCUT2D eigenvalue weighted by Crippen LogP contribution is -2.15. The third-order valence-electron chi connectivity index (χ3n) is 5.24. The van der Waals surface area contributed by atoms with E-state index in [0.29, 0.717) is 5.69 Å². The van der Waals surface area contributed by atoms with Crippen LogP contribution < -0.4 is 10.6 Å². The van der Waals surface area contributed by atoms with Crippen molar-refractivity contribution in [3.8, 4) is 0 Å². The van der Waals surface area contributed by atoms with Crippen LogP contribution in [0.5, 0.6) is 0 Å². The minimum Gasteiger partial charge on any atom is -0.385 e. The van der Waals surface area contributed by atoms with E-state index in [4.69, 9.17) is 0 Å². The van der Waals surface area contributed by atoms with E-state index in [-0.39, 0.29) is 5.91 Å². The number of amides is 1. The van der Waals surface area contributed by atoms with Crippen LogP contribution >= 0.6 is 0 Å². The van der Waals surface area contributed by atoms with Crippen LogP contribution in [0.4, 0.5) is 11.4 Å². The number of benzene rings is 2. The molecular formula is C24H24N4O. The molecule has 0 saturated heterocycles. The van der Waals surface area contributed by atoms with Crippen LogP contribution in [0.1, 0.15) is 27.2 Å². The van der Waals surface area contributed by atoms with Crippen molar-refractivity contribution < 1.29 is 4.79 Å². The Hall–Kier alpha value is -3.60. The van der Waals surface area contributed by atoms with Crippen LogP contribution in [0.15, 0.2) is 67.0 Å². The van der Waals surface area contributed by atoms with Gasteiger partial charge in [0.15, 0.2) is 0 Å². The second-order valence-corrected chi connectivity index (χ2v) is 7.17. The smallest absolute Gasteiger partial charge is 0.274 e. The third kappa shape index (κ3) is 4.14. The Morgan fingerprint density at radius 1 is 1.07 bits per heavy atom. The van der Waals surface area contributed by atoms with Crippen LogP contribution in [0, 0.1) is 13.8 Å². The normalized spacial score (nSPS) is 10.8. The van der Waals surface area contributed by atoms with Crippen molar-refractivity contribution in [1.82, 2.24) is 9.97 Å². The van der Waals surface area contributed by atoms with Crippen molar-refractivity contribution in [3.05, 3.63) is 89.4 Å². The monoisotopic (exact) mass is 384 g/mol. The zero-order chi connectivity index (χ0) is 20.2. The molecule has 0 aliphatic rings. The first-order valence-corrected chi connectivity index (χ1v) is 9.74. The molecule has 29 heavy (non-hydrogen) atoms. The highest BCUT2D eigenvalue weighted by Crippen LogP contribution is 2.20. The van der Waals surface area contributed by atoms with Gasteiger partial charge in [0.25, 0.3) is 5.91 Å². The maximum atomic E-state index is 12.6. The first kappa shape index (κ1) is 18.7. The minimum absolute atomic E-state index is 0.209. The number of aromatic amines is 1. The largest absolute Gasteiger partial charge is 0.385 e. The SMILES string of the molecule is Cc1cccc(NC(=O)c2cc(NCCc3c[nH]c4ccccc34)ccn2)c1C. The van der Waals surface area contributed by atoms with Gasteiger partial charge in [0, 0.05) is 41.2 Å². The van der Waals surface area contributed by atoms with Gasteiger partial charge in [-0.3, -0.25) is 9.78 Å². The number of aromatic nitrogens is 2. The second kappa shape index (κ2) is 8.19. The lowest BCUT2D eigenvalue weighted by atomic mass is 10.1. The van der Waals surface area contributed by atoms with E-state index in [9.17, 15) is 4.79 Å². The van der Waals surface area contributed by atoms with Crippen LogP contribution in [0.25, 0.3) is 10.9 Å². The summed E-state index contributed by atoms with van der Waals surface area (Å²) in [5.74, 6) is -0.209. The van der Waals surface area contributed by atoms with E-state index in [2.05, 4.69) is 45.0 Å². The molecule has 0 saturated carbocycles. The number of hydrogen-bond donors (Lipinski definition) is 3. The molecule has 0 atom stereocenters. The van der Waals surface area contributed by atoms with Crippen LogP contribution in [0.2, 0.25) is 0 Å². The summed E-state index contributed by atoms with van der Waals surface area (Å²) in [7, 11) is 0. The summed E-state index contributed by atoms with van der Waals surface area (Å²) in [5.41, 5.74) is 6.72. The third-order valence-corrected chi connectivity index (χ3v) is 5.24. The van der Waals surface area contributed by atoms with Crippen molar-refractivity contribution in [2.75, 3.05) is 17.2 Å². The Morgan fingerprint density at radius 3 is 2.83 bits per heavy atom. The average molecular weight is 384 g/mol. The van der Waals surface area contributed by atoms with Crippen molar-refractivity contribution in [2.45, 2.75) is 20.3 Å². The molecule has 2 heterocycles. The Labute approximate surface area is 170 Å². The summed E-state index contributed by atoms with van der Waals surface area (Å²) >= 11 is 0. The van der Waals surface area contributed by atoms with Crippen LogP contribution in [0.3, 0.4) is 0 Å². The van der Waals surface area contributed by atoms with Crippen molar-refractivity contribution in [1.29, 1.82) is 0 Å². The molecule has 4 aromatic rings. The number of rotatable bonds is 6. The zero-order valence-electron chi connectivity index (χ0n) is 16.6. The molecule has 0 aliphatic heterocycles. The summed E-state index contributed by atoms with van der Waals surface area (Å²) in [6, 6.07) is 17.8. The first-order valence-electron chi connectivity index (χ1n) is 9.74. The Balaban J connectivity index is 1.40. The number of nitrogens with one attached hydrogen (secondary N) is 3. The van der Waals surface area contributed by atoms with Gasteiger partial charge >= 0.3 is 0 Å². The quantitative estimate of drug-likeness (QED) is 0.434. The van der Waals surface area contributed by atoms with Gasteiger partial charge in [0.2, 0.25) is 0 Å². The number of fused-ring (bicyclic) bond motifs is 1. The van der Waals surface area contributed by atoms with Crippen LogP contribution in [-0.4, -0.2) is 22.4 Å². The molecule has 0 aliphatic carbocycles. The Kier molecular flexibility index (Phi) is 5.29. The van der Waals surface area contributed by atoms with Gasteiger partial charge < -0.3 is 15.6 Å². The van der Waals surface area contributed by atoms with Gasteiger partial charge in [-0.05, 0) is 61.2 Å². The second-order valence-electron chi connectivity index (χ2n) is 7.17. The molecule has 0 radical (unpaired) electrons. The molecule has 1 amide bonds. The van der Waals surface area contributed by atoms with Crippen LogP contribution in [-0.2, 0) is 6.42 Å². The Morgan fingerprint density at radius 2 is 1.93 bits per heavy atom. The fourth-order valence-electron chi connectivity index (χ4n) is 3.42. The summed E-state index contributed by atoms with van der Waals surface area (Å²) < 4.78 is 0. The fraction of sp³-hybridized carbons (Fsp3) is 0.167. The summed E-state index contributed by atoms with van der Waals surface area (Å²) in [6.07, 6.45) is 4.60. The van der Waals surface area contributed by atoms with E-state index in [1.54, 1.807) is 12.3 Å². The molecule has 2 aromatic heterocycles. The van der Waals surface area contributed by atoms with E-state index in [0.717, 1.165) is 41.0 Å². The van der Waals surface area contributed by atoms with E-state index >= 15 is 0 Å². The van der Waals surface area contributed by atoms with Gasteiger partial charge in [-0.25, -0.2) is 0 Å². The zero-order valence-corrected chi connectivity index (χ0v) is 16.6. The van der Waals surface area contributed by atoms with Crippen molar-refractivity contribution >= 4 is 28.2 Å². The average Bonchev–Trinajstić information content (AvgIpc) is 3.15. The molecule has 4 rings (SSSR count). The van der Waals surface area contributed by atoms with Gasteiger partial charge in [-0.15, -0.1) is 0 Å². The maximum absolute atomic E-state index is 12.6. The van der Waals surface area contributed by atoms with Gasteiger partial charge in [0.1, 0.15) is 5.69 Å². The molecule has 0 unspecified atom stereocenters. The number of nitrogens with zero attached hydrogens (tertiary/aromatic N) is 1. The predicted octanol–water partition coefficient (Wildman–Crippen LogP) is 5.09. The molecule has 3 N–H and O–H groups in total. The van der Waals surface area contributed by atoms with Gasteiger partial charge in [-0.1, -0.05) is 30.3 Å². The predicted molar refractivity (Wildman–Crippen MR) is 119 cm³/mol. The van der Waals surface area contributed by atoms with Gasteiger partial charge in [0.05, 0.1) is 0 Å². The van der Waals surface area contributed by atoms with E-state index in [1.165, 1.54) is 10.9 Å². The molecule has 0 spiro atoms. The molecule has 5 heteroatoms. The number of carbonyl (C=O) groups is 1. The standard InChI is InChI=1S/C24H24N4O/c1-16-6-5-9-21(17(16)2)28-24(29)23-14-19(11-13-26-23)25-12-10-18-15-27-22-8-4-3-7-20(18)22/h3-9,11,13-15,27H,10,12H2,1-2H3,(H,25,26)(H,28,29). The van der Waals surface area contributed by atoms with Gasteiger partial charge in [-0.2, -0.15) is 0 Å². The molecule has 0 bridgehead atoms. The van der Waals surface area contributed by atoms with E-state index < -0.39 is 0 Å². The number of aryl methyl sites for hydroxylation is 1. The minimum atomic E-state index is -0.209. The number of hydrogen-bond acceptors (Lipinski definition) is 3.